The van der Waals surface area contributed by atoms with Gasteiger partial charge in [0.15, 0.2) is 0 Å². The van der Waals surface area contributed by atoms with Gasteiger partial charge in [-0.2, -0.15) is 0 Å². The van der Waals surface area contributed by atoms with Gasteiger partial charge in [-0.05, 0) is 37.6 Å². The zero-order valence-corrected chi connectivity index (χ0v) is 10.5. The first-order valence-corrected chi connectivity index (χ1v) is 6.12. The van der Waals surface area contributed by atoms with Gasteiger partial charge in [-0.25, -0.2) is 4.68 Å². The first-order chi connectivity index (χ1) is 8.81. The van der Waals surface area contributed by atoms with Crippen molar-refractivity contribution in [3.63, 3.8) is 0 Å². The summed E-state index contributed by atoms with van der Waals surface area (Å²) >= 11 is 0. The summed E-state index contributed by atoms with van der Waals surface area (Å²) in [4.78, 5) is 0. The molecule has 2 aromatic rings. The molecule has 96 valence electrons. The van der Waals surface area contributed by atoms with Crippen molar-refractivity contribution >= 4 is 0 Å². The van der Waals surface area contributed by atoms with Gasteiger partial charge < -0.3 is 10.4 Å². The molecule has 1 unspecified atom stereocenters. The van der Waals surface area contributed by atoms with Crippen LogP contribution in [0.25, 0.3) is 5.69 Å². The zero-order valence-electron chi connectivity index (χ0n) is 10.5. The number of rotatable bonds is 6. The third kappa shape index (κ3) is 3.15. The molecule has 1 aromatic carbocycles. The maximum Gasteiger partial charge on any atom is 0.0697 e. The van der Waals surface area contributed by atoms with E-state index in [0.717, 1.165) is 18.7 Å². The number of aliphatic hydroxyl groups excluding tert-OH is 1. The molecule has 0 spiro atoms. The second kappa shape index (κ2) is 6.28. The summed E-state index contributed by atoms with van der Waals surface area (Å²) in [6.45, 7) is 3.16. The van der Waals surface area contributed by atoms with Crippen LogP contribution in [0, 0.1) is 0 Å². The number of benzene rings is 1. The number of aromatic nitrogens is 3. The summed E-state index contributed by atoms with van der Waals surface area (Å²) in [5, 5.41) is 19.8. The van der Waals surface area contributed by atoms with E-state index < -0.39 is 0 Å². The SMILES string of the molecule is CC(NCCCO)c1ccc(-n2ccnn2)cc1. The Labute approximate surface area is 106 Å². The lowest BCUT2D eigenvalue weighted by Crippen LogP contribution is -2.20. The fourth-order valence-corrected chi connectivity index (χ4v) is 1.78. The third-order valence-corrected chi connectivity index (χ3v) is 2.87. The molecule has 5 nitrogen and oxygen atoms in total. The van der Waals surface area contributed by atoms with Gasteiger partial charge in [-0.15, -0.1) is 5.10 Å². The van der Waals surface area contributed by atoms with E-state index in [1.165, 1.54) is 5.56 Å². The summed E-state index contributed by atoms with van der Waals surface area (Å²) in [6, 6.07) is 8.48. The smallest absolute Gasteiger partial charge is 0.0697 e. The van der Waals surface area contributed by atoms with E-state index >= 15 is 0 Å². The van der Waals surface area contributed by atoms with E-state index in [9.17, 15) is 0 Å². The molecule has 0 radical (unpaired) electrons. The lowest BCUT2D eigenvalue weighted by molar-refractivity contribution is 0.284. The van der Waals surface area contributed by atoms with E-state index in [1.807, 2.05) is 18.3 Å². The predicted molar refractivity (Wildman–Crippen MR) is 69.5 cm³/mol. The quantitative estimate of drug-likeness (QED) is 0.754. The van der Waals surface area contributed by atoms with E-state index in [4.69, 9.17) is 5.11 Å². The van der Waals surface area contributed by atoms with Crippen LogP contribution in [0.4, 0.5) is 0 Å². The number of hydrogen-bond donors (Lipinski definition) is 2. The molecule has 0 aliphatic heterocycles. The fourth-order valence-electron chi connectivity index (χ4n) is 1.78. The average molecular weight is 246 g/mol. The summed E-state index contributed by atoms with van der Waals surface area (Å²) in [7, 11) is 0. The molecule has 2 N–H and O–H groups in total. The average Bonchev–Trinajstić information content (AvgIpc) is 2.93. The Morgan fingerprint density at radius 3 is 2.72 bits per heavy atom. The molecule has 0 bridgehead atoms. The number of nitrogens with one attached hydrogen (secondary N) is 1. The van der Waals surface area contributed by atoms with Crippen molar-refractivity contribution in [1.82, 2.24) is 20.3 Å². The highest BCUT2D eigenvalue weighted by Crippen LogP contribution is 2.14. The molecule has 0 fully saturated rings. The molecule has 1 aromatic heterocycles. The highest BCUT2D eigenvalue weighted by atomic mass is 16.3. The van der Waals surface area contributed by atoms with Crippen LogP contribution in [0.5, 0.6) is 0 Å². The van der Waals surface area contributed by atoms with Crippen molar-refractivity contribution in [2.24, 2.45) is 0 Å². The van der Waals surface area contributed by atoms with Crippen molar-refractivity contribution in [3.05, 3.63) is 42.2 Å². The van der Waals surface area contributed by atoms with Gasteiger partial charge in [0.05, 0.1) is 18.1 Å². The third-order valence-electron chi connectivity index (χ3n) is 2.87. The topological polar surface area (TPSA) is 63.0 Å². The number of aliphatic hydroxyl groups is 1. The van der Waals surface area contributed by atoms with Crippen LogP contribution < -0.4 is 5.32 Å². The Morgan fingerprint density at radius 2 is 2.11 bits per heavy atom. The van der Waals surface area contributed by atoms with Crippen molar-refractivity contribution in [3.8, 4) is 5.69 Å². The summed E-state index contributed by atoms with van der Waals surface area (Å²) in [5.41, 5.74) is 2.22. The molecular formula is C13H18N4O. The predicted octanol–water partition coefficient (Wildman–Crippen LogP) is 1.30. The monoisotopic (exact) mass is 246 g/mol. The summed E-state index contributed by atoms with van der Waals surface area (Å²) < 4.78 is 1.73. The fraction of sp³-hybridized carbons (Fsp3) is 0.385. The van der Waals surface area contributed by atoms with Gasteiger partial charge in [0.2, 0.25) is 0 Å². The Kier molecular flexibility index (Phi) is 4.44. The molecule has 0 saturated heterocycles. The molecule has 5 heteroatoms. The normalized spacial score (nSPS) is 12.6. The van der Waals surface area contributed by atoms with Gasteiger partial charge >= 0.3 is 0 Å². The van der Waals surface area contributed by atoms with E-state index in [1.54, 1.807) is 10.9 Å². The van der Waals surface area contributed by atoms with Crippen LogP contribution in [0.1, 0.15) is 24.9 Å². The highest BCUT2D eigenvalue weighted by molar-refractivity contribution is 5.34. The Hall–Kier alpha value is -1.72. The molecule has 1 atom stereocenters. The van der Waals surface area contributed by atoms with Gasteiger partial charge in [-0.1, -0.05) is 17.3 Å². The largest absolute Gasteiger partial charge is 0.396 e. The van der Waals surface area contributed by atoms with E-state index in [-0.39, 0.29) is 12.6 Å². The van der Waals surface area contributed by atoms with Crippen LogP contribution in [-0.2, 0) is 0 Å². The van der Waals surface area contributed by atoms with Crippen molar-refractivity contribution in [1.29, 1.82) is 0 Å². The molecular weight excluding hydrogens is 228 g/mol. The molecule has 2 rings (SSSR count). The lowest BCUT2D eigenvalue weighted by atomic mass is 10.1. The van der Waals surface area contributed by atoms with Crippen LogP contribution in [0.15, 0.2) is 36.7 Å². The van der Waals surface area contributed by atoms with Gasteiger partial charge in [-0.3, -0.25) is 0 Å². The van der Waals surface area contributed by atoms with Gasteiger partial charge in [0.25, 0.3) is 0 Å². The Balaban J connectivity index is 1.99. The minimum absolute atomic E-state index is 0.227. The van der Waals surface area contributed by atoms with Crippen LogP contribution in [0.2, 0.25) is 0 Å². The van der Waals surface area contributed by atoms with Crippen molar-refractivity contribution in [2.45, 2.75) is 19.4 Å². The molecule has 1 heterocycles. The van der Waals surface area contributed by atoms with E-state index in [2.05, 4.69) is 34.7 Å². The molecule has 0 aliphatic rings. The van der Waals surface area contributed by atoms with Gasteiger partial charge in [0.1, 0.15) is 0 Å². The summed E-state index contributed by atoms with van der Waals surface area (Å²) in [5.74, 6) is 0. The van der Waals surface area contributed by atoms with Crippen LogP contribution >= 0.6 is 0 Å². The maximum atomic E-state index is 8.74. The molecule has 18 heavy (non-hydrogen) atoms. The van der Waals surface area contributed by atoms with E-state index in [0.29, 0.717) is 0 Å². The minimum Gasteiger partial charge on any atom is -0.396 e. The second-order valence-corrected chi connectivity index (χ2v) is 4.19. The first kappa shape index (κ1) is 12.7. The second-order valence-electron chi connectivity index (χ2n) is 4.19. The highest BCUT2D eigenvalue weighted by Gasteiger charge is 2.04. The number of nitrogens with zero attached hydrogens (tertiary/aromatic N) is 3. The number of hydrogen-bond acceptors (Lipinski definition) is 4. The Morgan fingerprint density at radius 1 is 1.33 bits per heavy atom. The van der Waals surface area contributed by atoms with Crippen molar-refractivity contribution in [2.75, 3.05) is 13.2 Å². The van der Waals surface area contributed by atoms with Crippen LogP contribution in [-0.4, -0.2) is 33.3 Å². The van der Waals surface area contributed by atoms with Crippen molar-refractivity contribution < 1.29 is 5.11 Å². The van der Waals surface area contributed by atoms with Gasteiger partial charge in [0, 0.05) is 12.6 Å². The minimum atomic E-state index is 0.227. The first-order valence-electron chi connectivity index (χ1n) is 6.12. The zero-order chi connectivity index (χ0) is 12.8. The summed E-state index contributed by atoms with van der Waals surface area (Å²) in [6.07, 6.45) is 4.26. The molecule has 0 amide bonds. The van der Waals surface area contributed by atoms with Crippen LogP contribution in [0.3, 0.4) is 0 Å². The molecule has 0 aliphatic carbocycles. The molecule has 0 saturated carbocycles. The maximum absolute atomic E-state index is 8.74. The Bertz CT molecular complexity index is 452. The standard InChI is InChI=1S/C13H18N4O/c1-11(14-7-2-10-18)12-3-5-13(6-4-12)17-9-8-15-16-17/h3-6,8-9,11,14,18H,2,7,10H2,1H3. The lowest BCUT2D eigenvalue weighted by Gasteiger charge is -2.14.